The summed E-state index contributed by atoms with van der Waals surface area (Å²) < 4.78 is 1.85. The van der Waals surface area contributed by atoms with Crippen LogP contribution in [0.4, 0.5) is 4.79 Å². The van der Waals surface area contributed by atoms with Crippen LogP contribution in [0.15, 0.2) is 29.0 Å². The van der Waals surface area contributed by atoms with Crippen LogP contribution in [0.25, 0.3) is 5.13 Å². The number of amides is 2. The summed E-state index contributed by atoms with van der Waals surface area (Å²) >= 11 is 3.19. The number of urea groups is 1. The van der Waals surface area contributed by atoms with Crippen LogP contribution in [0.3, 0.4) is 0 Å². The second-order valence-electron chi connectivity index (χ2n) is 5.40. The van der Waals surface area contributed by atoms with E-state index in [-0.39, 0.29) is 6.03 Å². The molecule has 0 unspecified atom stereocenters. The number of nitrogens with zero attached hydrogens (tertiary/aromatic N) is 3. The maximum atomic E-state index is 11.8. The third kappa shape index (κ3) is 4.21. The minimum atomic E-state index is -0.155. The summed E-state index contributed by atoms with van der Waals surface area (Å²) in [5.74, 6) is 0. The van der Waals surface area contributed by atoms with Crippen molar-refractivity contribution in [1.82, 2.24) is 25.4 Å². The van der Waals surface area contributed by atoms with Crippen molar-refractivity contribution in [3.05, 3.63) is 50.9 Å². The van der Waals surface area contributed by atoms with Crippen molar-refractivity contribution in [2.45, 2.75) is 26.8 Å². The van der Waals surface area contributed by atoms with E-state index in [0.29, 0.717) is 19.5 Å². The third-order valence-electron chi connectivity index (χ3n) is 3.40. The van der Waals surface area contributed by atoms with Gasteiger partial charge in [0, 0.05) is 28.9 Å². The quantitative estimate of drug-likeness (QED) is 0.709. The Hall–Kier alpha value is -2.19. The van der Waals surface area contributed by atoms with Gasteiger partial charge in [-0.1, -0.05) is 6.07 Å². The van der Waals surface area contributed by atoms with Crippen molar-refractivity contribution in [3.8, 4) is 5.13 Å². The van der Waals surface area contributed by atoms with Gasteiger partial charge in [-0.05, 0) is 31.4 Å². The topological polar surface area (TPSA) is 71.8 Å². The molecule has 0 atom stereocenters. The maximum absolute atomic E-state index is 11.8. The summed E-state index contributed by atoms with van der Waals surface area (Å²) in [6.45, 7) is 5.09. The van der Waals surface area contributed by atoms with Gasteiger partial charge in [-0.2, -0.15) is 5.10 Å². The lowest BCUT2D eigenvalue weighted by Gasteiger charge is -2.05. The second-order valence-corrected chi connectivity index (χ2v) is 7.27. The van der Waals surface area contributed by atoms with E-state index in [1.165, 1.54) is 0 Å². The van der Waals surface area contributed by atoms with Gasteiger partial charge in [-0.25, -0.2) is 14.5 Å². The number of nitrogens with one attached hydrogen (secondary N) is 2. The van der Waals surface area contributed by atoms with Gasteiger partial charge in [0.25, 0.3) is 0 Å². The zero-order valence-corrected chi connectivity index (χ0v) is 15.2. The summed E-state index contributed by atoms with van der Waals surface area (Å²) in [5, 5.41) is 15.0. The zero-order chi connectivity index (χ0) is 16.9. The lowest BCUT2D eigenvalue weighted by atomic mass is 10.3. The van der Waals surface area contributed by atoms with Crippen molar-refractivity contribution in [2.75, 3.05) is 6.54 Å². The molecule has 8 heteroatoms. The Morgan fingerprint density at radius 3 is 2.88 bits per heavy atom. The van der Waals surface area contributed by atoms with Gasteiger partial charge in [-0.3, -0.25) is 0 Å². The number of hydrogen-bond acceptors (Lipinski definition) is 5. The van der Waals surface area contributed by atoms with Crippen LogP contribution in [0, 0.1) is 13.8 Å². The smallest absolute Gasteiger partial charge is 0.315 e. The van der Waals surface area contributed by atoms with Crippen molar-refractivity contribution < 1.29 is 4.79 Å². The molecule has 2 amide bonds. The summed E-state index contributed by atoms with van der Waals surface area (Å²) in [6.07, 6.45) is 0.697. The largest absolute Gasteiger partial charge is 0.338 e. The highest BCUT2D eigenvalue weighted by molar-refractivity contribution is 7.12. The number of hydrogen-bond donors (Lipinski definition) is 2. The van der Waals surface area contributed by atoms with Crippen LogP contribution < -0.4 is 10.6 Å². The highest BCUT2D eigenvalue weighted by Crippen LogP contribution is 2.17. The molecule has 0 bridgehead atoms. The molecule has 0 saturated heterocycles. The van der Waals surface area contributed by atoms with E-state index < -0.39 is 0 Å². The minimum absolute atomic E-state index is 0.155. The number of carbonyl (C=O) groups excluding carboxylic acids is 1. The molecule has 0 aliphatic heterocycles. The van der Waals surface area contributed by atoms with Crippen LogP contribution in [0.1, 0.15) is 22.0 Å². The summed E-state index contributed by atoms with van der Waals surface area (Å²) in [6, 6.07) is 5.85. The molecule has 0 saturated carbocycles. The van der Waals surface area contributed by atoms with Crippen LogP contribution >= 0.6 is 22.7 Å². The van der Waals surface area contributed by atoms with E-state index in [1.807, 2.05) is 47.5 Å². The fourth-order valence-electron chi connectivity index (χ4n) is 2.28. The molecule has 0 spiro atoms. The fourth-order valence-corrected chi connectivity index (χ4v) is 3.79. The maximum Gasteiger partial charge on any atom is 0.315 e. The molecule has 6 nitrogen and oxygen atoms in total. The highest BCUT2D eigenvalue weighted by atomic mass is 32.1. The predicted molar refractivity (Wildman–Crippen MR) is 97.0 cm³/mol. The number of rotatable bonds is 6. The number of aryl methyl sites for hydroxylation is 2. The van der Waals surface area contributed by atoms with Crippen LogP contribution in [-0.2, 0) is 13.0 Å². The number of aromatic nitrogens is 3. The average Bonchev–Trinajstić information content (AvgIpc) is 3.27. The number of thiazole rings is 1. The Morgan fingerprint density at radius 2 is 2.17 bits per heavy atom. The lowest BCUT2D eigenvalue weighted by Crippen LogP contribution is -2.36. The first-order valence-corrected chi connectivity index (χ1v) is 9.40. The summed E-state index contributed by atoms with van der Waals surface area (Å²) in [7, 11) is 0. The first-order chi connectivity index (χ1) is 11.6. The lowest BCUT2D eigenvalue weighted by molar-refractivity contribution is 0.240. The van der Waals surface area contributed by atoms with Gasteiger partial charge >= 0.3 is 6.03 Å². The first-order valence-electron chi connectivity index (χ1n) is 7.64. The SMILES string of the molecule is Cc1cc(C)n(-c2nc(CCNC(=O)NCc3cccs3)cs2)n1. The first kappa shape index (κ1) is 16.7. The number of thiophene rings is 1. The van der Waals surface area contributed by atoms with E-state index in [4.69, 9.17) is 0 Å². The van der Waals surface area contributed by atoms with Crippen LogP contribution in [0.2, 0.25) is 0 Å². The molecular formula is C16H19N5OS2. The second kappa shape index (κ2) is 7.59. The van der Waals surface area contributed by atoms with Crippen molar-refractivity contribution in [2.24, 2.45) is 0 Å². The Balaban J connectivity index is 1.45. The molecule has 2 N–H and O–H groups in total. The summed E-state index contributed by atoms with van der Waals surface area (Å²) in [4.78, 5) is 17.5. The Kier molecular flexibility index (Phi) is 5.27. The van der Waals surface area contributed by atoms with E-state index >= 15 is 0 Å². The van der Waals surface area contributed by atoms with Crippen molar-refractivity contribution >= 4 is 28.7 Å². The fraction of sp³-hybridized carbons (Fsp3) is 0.312. The van der Waals surface area contributed by atoms with Gasteiger partial charge < -0.3 is 10.6 Å². The van der Waals surface area contributed by atoms with Crippen LogP contribution in [0.5, 0.6) is 0 Å². The van der Waals surface area contributed by atoms with E-state index in [9.17, 15) is 4.79 Å². The average molecular weight is 361 g/mol. The van der Waals surface area contributed by atoms with Gasteiger partial charge in [-0.15, -0.1) is 22.7 Å². The van der Waals surface area contributed by atoms with Gasteiger partial charge in [0.1, 0.15) is 0 Å². The Morgan fingerprint density at radius 1 is 1.29 bits per heavy atom. The normalized spacial score (nSPS) is 10.8. The van der Waals surface area contributed by atoms with E-state index in [0.717, 1.165) is 27.1 Å². The van der Waals surface area contributed by atoms with Crippen LogP contribution in [-0.4, -0.2) is 27.3 Å². The Labute approximate surface area is 148 Å². The number of carbonyl (C=O) groups is 1. The Bertz CT molecular complexity index is 806. The molecule has 24 heavy (non-hydrogen) atoms. The van der Waals surface area contributed by atoms with E-state index in [1.54, 1.807) is 22.7 Å². The molecule has 126 valence electrons. The van der Waals surface area contributed by atoms with Crippen molar-refractivity contribution in [3.63, 3.8) is 0 Å². The summed E-state index contributed by atoms with van der Waals surface area (Å²) in [5.41, 5.74) is 3.01. The van der Waals surface area contributed by atoms with Gasteiger partial charge in [0.2, 0.25) is 5.13 Å². The molecule has 0 radical (unpaired) electrons. The van der Waals surface area contributed by atoms with Gasteiger partial charge in [0.15, 0.2) is 0 Å². The molecule has 3 rings (SSSR count). The molecule has 0 aliphatic rings. The molecule has 3 aromatic rings. The molecule has 0 aliphatic carbocycles. The van der Waals surface area contributed by atoms with Crippen molar-refractivity contribution in [1.29, 1.82) is 0 Å². The molecule has 3 heterocycles. The minimum Gasteiger partial charge on any atom is -0.338 e. The highest BCUT2D eigenvalue weighted by Gasteiger charge is 2.09. The van der Waals surface area contributed by atoms with E-state index in [2.05, 4.69) is 20.7 Å². The monoisotopic (exact) mass is 361 g/mol. The molecule has 0 fully saturated rings. The molecule has 0 aromatic carbocycles. The predicted octanol–water partition coefficient (Wildman–Crippen LogP) is 3.05. The molecule has 3 aromatic heterocycles. The standard InChI is InChI=1S/C16H19N5OS2/c1-11-8-12(2)21(20-11)16-19-13(10-24-16)5-6-17-15(22)18-9-14-4-3-7-23-14/h3-4,7-8,10H,5-6,9H2,1-2H3,(H2,17,18,22). The zero-order valence-electron chi connectivity index (χ0n) is 13.6. The van der Waals surface area contributed by atoms with Gasteiger partial charge in [0.05, 0.1) is 17.9 Å². The third-order valence-corrected chi connectivity index (χ3v) is 5.14. The molecular weight excluding hydrogens is 342 g/mol.